The molecule has 1 heterocycles. The van der Waals surface area contributed by atoms with Crippen LogP contribution in [0.1, 0.15) is 12.5 Å². The Morgan fingerprint density at radius 3 is 3.00 bits per heavy atom. The maximum Gasteiger partial charge on any atom is 0.316 e. The highest BCUT2D eigenvalue weighted by Crippen LogP contribution is 2.19. The number of carbonyl (C=O) groups is 1. The second-order valence-electron chi connectivity index (χ2n) is 2.80. The van der Waals surface area contributed by atoms with Crippen LogP contribution in [-0.4, -0.2) is 21.3 Å². The van der Waals surface area contributed by atoms with Crippen molar-refractivity contribution in [3.05, 3.63) is 28.5 Å². The van der Waals surface area contributed by atoms with Crippen molar-refractivity contribution in [2.24, 2.45) is 0 Å². The van der Waals surface area contributed by atoms with Gasteiger partial charge in [0.25, 0.3) is 0 Å². The van der Waals surface area contributed by atoms with E-state index in [4.69, 9.17) is 5.11 Å². The molecule has 0 saturated carbocycles. The first-order chi connectivity index (χ1) is 6.59. The smallest absolute Gasteiger partial charge is 0.316 e. The van der Waals surface area contributed by atoms with Crippen LogP contribution in [0.4, 0.5) is 0 Å². The van der Waals surface area contributed by atoms with Gasteiger partial charge in [-0.15, -0.1) is 11.8 Å². The molecule has 0 aliphatic heterocycles. The Hall–Kier alpha value is -0.550. The molecule has 14 heavy (non-hydrogen) atoms. The molecule has 5 heteroatoms. The molecule has 0 saturated heterocycles. The molecule has 0 aliphatic rings. The van der Waals surface area contributed by atoms with E-state index in [0.29, 0.717) is 5.75 Å². The molecule has 1 aromatic heterocycles. The van der Waals surface area contributed by atoms with Gasteiger partial charge in [-0.1, -0.05) is 0 Å². The van der Waals surface area contributed by atoms with Gasteiger partial charge in [-0.2, -0.15) is 0 Å². The van der Waals surface area contributed by atoms with Crippen molar-refractivity contribution < 1.29 is 9.90 Å². The minimum atomic E-state index is -0.780. The van der Waals surface area contributed by atoms with Gasteiger partial charge in [0.05, 0.1) is 5.25 Å². The molecule has 0 aromatic carbocycles. The molecular weight excluding hydrogens is 266 g/mol. The quantitative estimate of drug-likeness (QED) is 0.918. The first-order valence-corrected chi connectivity index (χ1v) is 5.87. The second-order valence-corrected chi connectivity index (χ2v) is 5.05. The highest BCUT2D eigenvalue weighted by Gasteiger charge is 2.10. The molecule has 0 spiro atoms. The number of thioether (sulfide) groups is 1. The summed E-state index contributed by atoms with van der Waals surface area (Å²) in [6, 6.07) is 1.94. The normalized spacial score (nSPS) is 12.4. The summed E-state index contributed by atoms with van der Waals surface area (Å²) in [7, 11) is 0. The van der Waals surface area contributed by atoms with E-state index >= 15 is 0 Å². The van der Waals surface area contributed by atoms with Crippen molar-refractivity contribution in [3.8, 4) is 0 Å². The molecule has 1 aromatic rings. The highest BCUT2D eigenvalue weighted by molar-refractivity contribution is 9.10. The minimum absolute atomic E-state index is 0.381. The molecule has 0 bridgehead atoms. The third kappa shape index (κ3) is 3.67. The maximum absolute atomic E-state index is 10.5. The number of halogens is 1. The first kappa shape index (κ1) is 11.5. The summed E-state index contributed by atoms with van der Waals surface area (Å²) < 4.78 is 0.915. The molecule has 0 radical (unpaired) electrons. The predicted octanol–water partition coefficient (Wildman–Crippen LogP) is 2.55. The molecule has 1 rings (SSSR count). The Morgan fingerprint density at radius 2 is 2.43 bits per heavy atom. The average molecular weight is 276 g/mol. The highest BCUT2D eigenvalue weighted by atomic mass is 79.9. The standard InChI is InChI=1S/C9H10BrNO2S/c1-6(9(12)13)14-5-7-2-8(10)4-11-3-7/h2-4,6H,5H2,1H3,(H,12,13). The second kappa shape index (κ2) is 5.36. The third-order valence-corrected chi connectivity index (χ3v) is 3.24. The molecule has 1 unspecified atom stereocenters. The van der Waals surface area contributed by atoms with Gasteiger partial charge in [0, 0.05) is 22.6 Å². The zero-order valence-corrected chi connectivity index (χ0v) is 10.0. The van der Waals surface area contributed by atoms with Crippen molar-refractivity contribution >= 4 is 33.7 Å². The summed E-state index contributed by atoms with van der Waals surface area (Å²) >= 11 is 4.70. The zero-order chi connectivity index (χ0) is 10.6. The lowest BCUT2D eigenvalue weighted by molar-refractivity contribution is -0.136. The monoisotopic (exact) mass is 275 g/mol. The van der Waals surface area contributed by atoms with Gasteiger partial charge in [-0.3, -0.25) is 9.78 Å². The summed E-state index contributed by atoms with van der Waals surface area (Å²) in [6.45, 7) is 1.68. The average Bonchev–Trinajstić information content (AvgIpc) is 2.14. The fourth-order valence-corrected chi connectivity index (χ4v) is 1.98. The molecule has 1 N–H and O–H groups in total. The predicted molar refractivity (Wildman–Crippen MR) is 60.3 cm³/mol. The van der Waals surface area contributed by atoms with Gasteiger partial charge in [-0.05, 0) is 34.5 Å². The summed E-state index contributed by atoms with van der Waals surface area (Å²) in [5.74, 6) is -0.113. The van der Waals surface area contributed by atoms with Crippen LogP contribution in [0.2, 0.25) is 0 Å². The van der Waals surface area contributed by atoms with E-state index in [-0.39, 0.29) is 5.25 Å². The molecule has 0 aliphatic carbocycles. The Labute approximate surface area is 95.1 Å². The molecule has 0 fully saturated rings. The number of nitrogens with zero attached hydrogens (tertiary/aromatic N) is 1. The van der Waals surface area contributed by atoms with Gasteiger partial charge in [-0.25, -0.2) is 0 Å². The SMILES string of the molecule is CC(SCc1cncc(Br)c1)C(=O)O. The van der Waals surface area contributed by atoms with Crippen LogP contribution in [0.15, 0.2) is 22.9 Å². The molecule has 0 amide bonds. The van der Waals surface area contributed by atoms with Crippen LogP contribution in [0.25, 0.3) is 0 Å². The summed E-state index contributed by atoms with van der Waals surface area (Å²) in [4.78, 5) is 14.5. The summed E-state index contributed by atoms with van der Waals surface area (Å²) in [5.41, 5.74) is 1.03. The van der Waals surface area contributed by atoms with E-state index in [1.807, 2.05) is 6.07 Å². The van der Waals surface area contributed by atoms with E-state index in [9.17, 15) is 4.79 Å². The summed E-state index contributed by atoms with van der Waals surface area (Å²) in [6.07, 6.45) is 3.45. The van der Waals surface area contributed by atoms with Crippen LogP contribution in [-0.2, 0) is 10.5 Å². The number of carboxylic acid groups (broad SMARTS) is 1. The largest absolute Gasteiger partial charge is 0.480 e. The van der Waals surface area contributed by atoms with E-state index in [2.05, 4.69) is 20.9 Å². The van der Waals surface area contributed by atoms with E-state index in [1.54, 1.807) is 19.3 Å². The minimum Gasteiger partial charge on any atom is -0.480 e. The van der Waals surface area contributed by atoms with Crippen LogP contribution >= 0.6 is 27.7 Å². The van der Waals surface area contributed by atoms with E-state index in [1.165, 1.54) is 11.8 Å². The Bertz CT molecular complexity index is 332. The lowest BCUT2D eigenvalue weighted by Gasteiger charge is -2.05. The number of rotatable bonds is 4. The molecule has 3 nitrogen and oxygen atoms in total. The van der Waals surface area contributed by atoms with Crippen molar-refractivity contribution in [2.45, 2.75) is 17.9 Å². The third-order valence-electron chi connectivity index (χ3n) is 1.61. The van der Waals surface area contributed by atoms with Crippen LogP contribution in [0.3, 0.4) is 0 Å². The van der Waals surface area contributed by atoms with Crippen molar-refractivity contribution in [1.82, 2.24) is 4.98 Å². The number of hydrogen-bond donors (Lipinski definition) is 1. The lowest BCUT2D eigenvalue weighted by Crippen LogP contribution is -2.11. The number of hydrogen-bond acceptors (Lipinski definition) is 3. The van der Waals surface area contributed by atoms with E-state index < -0.39 is 5.97 Å². The van der Waals surface area contributed by atoms with Crippen molar-refractivity contribution in [1.29, 1.82) is 0 Å². The van der Waals surface area contributed by atoms with Crippen LogP contribution < -0.4 is 0 Å². The van der Waals surface area contributed by atoms with Crippen LogP contribution in [0, 0.1) is 0 Å². The van der Waals surface area contributed by atoms with Crippen molar-refractivity contribution in [2.75, 3.05) is 0 Å². The fraction of sp³-hybridized carbons (Fsp3) is 0.333. The number of carboxylic acids is 1. The van der Waals surface area contributed by atoms with Gasteiger partial charge >= 0.3 is 5.97 Å². The Balaban J connectivity index is 2.49. The lowest BCUT2D eigenvalue weighted by atomic mass is 10.3. The van der Waals surface area contributed by atoms with Gasteiger partial charge in [0.1, 0.15) is 0 Å². The number of pyridine rings is 1. The Morgan fingerprint density at radius 1 is 1.71 bits per heavy atom. The Kier molecular flexibility index (Phi) is 4.41. The zero-order valence-electron chi connectivity index (χ0n) is 7.61. The first-order valence-electron chi connectivity index (χ1n) is 4.03. The van der Waals surface area contributed by atoms with Gasteiger partial charge in [0.15, 0.2) is 0 Å². The topological polar surface area (TPSA) is 50.2 Å². The number of aliphatic carboxylic acids is 1. The number of aromatic nitrogens is 1. The maximum atomic E-state index is 10.5. The molecule has 1 atom stereocenters. The van der Waals surface area contributed by atoms with Gasteiger partial charge < -0.3 is 5.11 Å². The van der Waals surface area contributed by atoms with E-state index in [0.717, 1.165) is 10.0 Å². The van der Waals surface area contributed by atoms with Gasteiger partial charge in [0.2, 0.25) is 0 Å². The van der Waals surface area contributed by atoms with Crippen LogP contribution in [0.5, 0.6) is 0 Å². The molecule has 76 valence electrons. The molecular formula is C9H10BrNO2S. The summed E-state index contributed by atoms with van der Waals surface area (Å²) in [5, 5.41) is 8.29. The fourth-order valence-electron chi connectivity index (χ4n) is 0.827. The van der Waals surface area contributed by atoms with Crippen molar-refractivity contribution in [3.63, 3.8) is 0 Å².